The molecule has 0 bridgehead atoms. The van der Waals surface area contributed by atoms with E-state index in [1.54, 1.807) is 24.3 Å². The molecule has 0 unspecified atom stereocenters. The number of aryl methyl sites for hydroxylation is 1. The van der Waals surface area contributed by atoms with E-state index in [1.807, 2.05) is 0 Å². The first-order valence-electron chi connectivity index (χ1n) is 5.82. The van der Waals surface area contributed by atoms with Crippen molar-refractivity contribution >= 4 is 23.4 Å². The van der Waals surface area contributed by atoms with Crippen LogP contribution in [0, 0.1) is 0 Å². The number of benzene rings is 1. The fraction of sp³-hybridized carbons (Fsp3) is 0.167. The summed E-state index contributed by atoms with van der Waals surface area (Å²) in [5, 5.41) is 4.41. The highest BCUT2D eigenvalue weighted by molar-refractivity contribution is 6.30. The minimum absolute atomic E-state index is 0.185. The zero-order valence-electron chi connectivity index (χ0n) is 10.4. The van der Waals surface area contributed by atoms with E-state index in [1.165, 1.54) is 17.3 Å². The minimum Gasteiger partial charge on any atom is -0.273 e. The summed E-state index contributed by atoms with van der Waals surface area (Å²) in [6.45, 7) is 0.392. The molecule has 0 atom stereocenters. The van der Waals surface area contributed by atoms with Gasteiger partial charge in [-0.3, -0.25) is 25.1 Å². The van der Waals surface area contributed by atoms with Crippen LogP contribution in [-0.4, -0.2) is 26.6 Å². The lowest BCUT2D eigenvalue weighted by atomic mass is 10.2. The van der Waals surface area contributed by atoms with Crippen molar-refractivity contribution in [1.29, 1.82) is 0 Å². The monoisotopic (exact) mass is 293 g/mol. The maximum atomic E-state index is 11.7. The molecule has 0 aliphatic rings. The van der Waals surface area contributed by atoms with Gasteiger partial charge >= 0.3 is 0 Å². The van der Waals surface area contributed by atoms with E-state index in [2.05, 4.69) is 20.9 Å². The van der Waals surface area contributed by atoms with Crippen LogP contribution in [0.2, 0.25) is 5.02 Å². The van der Waals surface area contributed by atoms with Gasteiger partial charge in [0.2, 0.25) is 5.91 Å². The Balaban J connectivity index is 1.75. The third-order valence-electron chi connectivity index (χ3n) is 2.46. The van der Waals surface area contributed by atoms with Gasteiger partial charge in [0.15, 0.2) is 0 Å². The van der Waals surface area contributed by atoms with Gasteiger partial charge in [-0.25, -0.2) is 4.98 Å². The lowest BCUT2D eigenvalue weighted by Gasteiger charge is -2.07. The van der Waals surface area contributed by atoms with E-state index in [-0.39, 0.29) is 12.3 Å². The quantitative estimate of drug-likeness (QED) is 0.816. The molecule has 7 nitrogen and oxygen atoms in total. The summed E-state index contributed by atoms with van der Waals surface area (Å²) in [6.07, 6.45) is 3.09. The second-order valence-corrected chi connectivity index (χ2v) is 4.35. The largest absolute Gasteiger partial charge is 0.273 e. The number of hydrogen-bond acceptors (Lipinski definition) is 4. The topological polar surface area (TPSA) is 88.9 Å². The maximum absolute atomic E-state index is 11.7. The first-order chi connectivity index (χ1) is 9.65. The molecule has 2 rings (SSSR count). The number of nitrogens with one attached hydrogen (secondary N) is 2. The van der Waals surface area contributed by atoms with Crippen LogP contribution in [-0.2, 0) is 11.3 Å². The average Bonchev–Trinajstić information content (AvgIpc) is 2.96. The highest BCUT2D eigenvalue weighted by atomic mass is 35.5. The van der Waals surface area contributed by atoms with Gasteiger partial charge in [0.05, 0.1) is 6.54 Å². The van der Waals surface area contributed by atoms with Gasteiger partial charge < -0.3 is 0 Å². The van der Waals surface area contributed by atoms with E-state index in [9.17, 15) is 9.59 Å². The molecule has 0 radical (unpaired) electrons. The molecule has 2 amide bonds. The molecular weight excluding hydrogens is 282 g/mol. The van der Waals surface area contributed by atoms with Gasteiger partial charge in [-0.2, -0.15) is 5.10 Å². The van der Waals surface area contributed by atoms with Gasteiger partial charge in [0.25, 0.3) is 5.91 Å². The first kappa shape index (κ1) is 14.0. The van der Waals surface area contributed by atoms with Crippen LogP contribution >= 0.6 is 11.6 Å². The lowest BCUT2D eigenvalue weighted by molar-refractivity contribution is -0.122. The molecule has 0 saturated carbocycles. The van der Waals surface area contributed by atoms with E-state index in [0.717, 1.165) is 0 Å². The number of carbonyl (C=O) groups is 2. The Kier molecular flexibility index (Phi) is 4.67. The number of amides is 2. The van der Waals surface area contributed by atoms with Crippen molar-refractivity contribution in [3.63, 3.8) is 0 Å². The average molecular weight is 294 g/mol. The van der Waals surface area contributed by atoms with E-state index < -0.39 is 5.91 Å². The second-order valence-electron chi connectivity index (χ2n) is 3.92. The first-order valence-corrected chi connectivity index (χ1v) is 6.20. The van der Waals surface area contributed by atoms with Crippen LogP contribution in [0.3, 0.4) is 0 Å². The number of aromatic nitrogens is 3. The Bertz CT molecular complexity index is 582. The molecular formula is C12H12ClN5O2. The van der Waals surface area contributed by atoms with Crippen molar-refractivity contribution in [1.82, 2.24) is 25.6 Å². The number of carbonyl (C=O) groups excluding carboxylic acids is 2. The number of hydrogen-bond donors (Lipinski definition) is 2. The zero-order chi connectivity index (χ0) is 14.4. The Hall–Kier alpha value is -2.41. The smallest absolute Gasteiger partial charge is 0.269 e. The summed E-state index contributed by atoms with van der Waals surface area (Å²) in [5.74, 6) is -0.724. The van der Waals surface area contributed by atoms with Gasteiger partial charge in [-0.1, -0.05) is 11.6 Å². The van der Waals surface area contributed by atoms with E-state index >= 15 is 0 Å². The number of halogens is 1. The predicted molar refractivity (Wildman–Crippen MR) is 71.7 cm³/mol. The number of nitrogens with zero attached hydrogens (tertiary/aromatic N) is 3. The highest BCUT2D eigenvalue weighted by Crippen LogP contribution is 2.08. The molecule has 104 valence electrons. The van der Waals surface area contributed by atoms with E-state index in [4.69, 9.17) is 11.6 Å². The SMILES string of the molecule is O=C(CCn1cncn1)NNC(=O)c1ccc(Cl)cc1. The Morgan fingerprint density at radius 3 is 2.60 bits per heavy atom. The van der Waals surface area contributed by atoms with Crippen molar-refractivity contribution in [3.05, 3.63) is 47.5 Å². The summed E-state index contributed by atoms with van der Waals surface area (Å²) >= 11 is 5.72. The third-order valence-corrected chi connectivity index (χ3v) is 2.71. The summed E-state index contributed by atoms with van der Waals surface area (Å²) in [4.78, 5) is 27.0. The minimum atomic E-state index is -0.407. The number of hydrazine groups is 1. The van der Waals surface area contributed by atoms with Crippen molar-refractivity contribution in [2.75, 3.05) is 0 Å². The fourth-order valence-electron chi connectivity index (χ4n) is 1.43. The second kappa shape index (κ2) is 6.67. The Labute approximate surface area is 119 Å². The molecule has 0 fully saturated rings. The lowest BCUT2D eigenvalue weighted by Crippen LogP contribution is -2.41. The van der Waals surface area contributed by atoms with Gasteiger partial charge in [0, 0.05) is 17.0 Å². The van der Waals surface area contributed by atoms with Gasteiger partial charge in [0.1, 0.15) is 12.7 Å². The Morgan fingerprint density at radius 2 is 1.95 bits per heavy atom. The molecule has 0 saturated heterocycles. The molecule has 0 aliphatic heterocycles. The van der Waals surface area contributed by atoms with Crippen LogP contribution in [0.25, 0.3) is 0 Å². The normalized spacial score (nSPS) is 10.1. The van der Waals surface area contributed by atoms with Crippen molar-refractivity contribution in [2.24, 2.45) is 0 Å². The predicted octanol–water partition coefficient (Wildman–Crippen LogP) is 0.783. The molecule has 8 heteroatoms. The fourth-order valence-corrected chi connectivity index (χ4v) is 1.55. The van der Waals surface area contributed by atoms with Gasteiger partial charge in [-0.05, 0) is 24.3 Å². The molecule has 1 aromatic heterocycles. The molecule has 0 spiro atoms. The molecule has 0 aliphatic carbocycles. The third kappa shape index (κ3) is 4.06. The zero-order valence-corrected chi connectivity index (χ0v) is 11.2. The summed E-state index contributed by atoms with van der Waals surface area (Å²) in [7, 11) is 0. The number of rotatable bonds is 4. The van der Waals surface area contributed by atoms with Crippen LogP contribution in [0.15, 0.2) is 36.9 Å². The van der Waals surface area contributed by atoms with Crippen molar-refractivity contribution in [3.8, 4) is 0 Å². The van der Waals surface area contributed by atoms with Crippen LogP contribution in [0.1, 0.15) is 16.8 Å². The summed E-state index contributed by atoms with van der Waals surface area (Å²) < 4.78 is 1.53. The maximum Gasteiger partial charge on any atom is 0.269 e. The Morgan fingerprint density at radius 1 is 1.20 bits per heavy atom. The van der Waals surface area contributed by atoms with E-state index in [0.29, 0.717) is 17.1 Å². The summed E-state index contributed by atoms with van der Waals surface area (Å²) in [5.41, 5.74) is 5.05. The molecule has 1 aromatic carbocycles. The van der Waals surface area contributed by atoms with Crippen LogP contribution in [0.5, 0.6) is 0 Å². The highest BCUT2D eigenvalue weighted by Gasteiger charge is 2.07. The standard InChI is InChI=1S/C12H12ClN5O2/c13-10-3-1-9(2-4-10)12(20)17-16-11(19)5-6-18-8-14-7-15-18/h1-4,7-8H,5-6H2,(H,16,19)(H,17,20). The molecule has 2 N–H and O–H groups in total. The van der Waals surface area contributed by atoms with Crippen molar-refractivity contribution < 1.29 is 9.59 Å². The summed E-state index contributed by atoms with van der Waals surface area (Å²) in [6, 6.07) is 6.34. The van der Waals surface area contributed by atoms with Crippen molar-refractivity contribution in [2.45, 2.75) is 13.0 Å². The van der Waals surface area contributed by atoms with Gasteiger partial charge in [-0.15, -0.1) is 0 Å². The molecule has 20 heavy (non-hydrogen) atoms. The van der Waals surface area contributed by atoms with Crippen LogP contribution in [0.4, 0.5) is 0 Å². The van der Waals surface area contributed by atoms with Crippen LogP contribution < -0.4 is 10.9 Å². The molecule has 2 aromatic rings. The molecule has 1 heterocycles.